The zero-order chi connectivity index (χ0) is 11.6. The van der Waals surface area contributed by atoms with Crippen LogP contribution in [0.4, 0.5) is 0 Å². The van der Waals surface area contributed by atoms with Crippen LogP contribution < -0.4 is 0 Å². The summed E-state index contributed by atoms with van der Waals surface area (Å²) in [6, 6.07) is 8.43. The highest BCUT2D eigenvalue weighted by molar-refractivity contribution is 5.40. The van der Waals surface area contributed by atoms with Crippen LogP contribution in [0.5, 0.6) is 0 Å². The van der Waals surface area contributed by atoms with E-state index in [1.54, 1.807) is 0 Å². The van der Waals surface area contributed by atoms with Crippen LogP contribution in [0.25, 0.3) is 0 Å². The summed E-state index contributed by atoms with van der Waals surface area (Å²) in [4.78, 5) is 0. The van der Waals surface area contributed by atoms with Gasteiger partial charge in [0.1, 0.15) is 0 Å². The zero-order valence-electron chi connectivity index (χ0n) is 10.1. The molecule has 0 atom stereocenters. The quantitative estimate of drug-likeness (QED) is 0.666. The van der Waals surface area contributed by atoms with Crippen molar-refractivity contribution in [2.75, 3.05) is 0 Å². The van der Waals surface area contributed by atoms with Gasteiger partial charge in [-0.2, -0.15) is 0 Å². The monoisotopic (exact) mass is 210 g/mol. The van der Waals surface area contributed by atoms with Crippen molar-refractivity contribution in [3.63, 3.8) is 0 Å². The summed E-state index contributed by atoms with van der Waals surface area (Å²) in [6.07, 6.45) is 4.36. The van der Waals surface area contributed by atoms with Gasteiger partial charge in [-0.1, -0.05) is 44.2 Å². The van der Waals surface area contributed by atoms with Gasteiger partial charge in [0.15, 0.2) is 0 Å². The van der Waals surface area contributed by atoms with E-state index in [9.17, 15) is 0 Å². The fourth-order valence-electron chi connectivity index (χ4n) is 1.38. The third-order valence-electron chi connectivity index (χ3n) is 2.23. The van der Waals surface area contributed by atoms with E-state index in [0.717, 1.165) is 24.8 Å². The smallest absolute Gasteiger partial charge is 0.0255 e. The normalized spacial score (nSPS) is 8.62. The van der Waals surface area contributed by atoms with Crippen LogP contribution in [0, 0.1) is 23.7 Å². The Balaban J connectivity index is 2.58. The van der Waals surface area contributed by atoms with Crippen molar-refractivity contribution in [2.24, 2.45) is 0 Å². The van der Waals surface area contributed by atoms with E-state index in [2.05, 4.69) is 61.8 Å². The molecule has 0 radical (unpaired) electrons. The molecule has 0 fully saturated rings. The minimum Gasteiger partial charge on any atom is -0.0891 e. The number of hydrogen-bond donors (Lipinski definition) is 0. The molecule has 0 amide bonds. The summed E-state index contributed by atoms with van der Waals surface area (Å²) in [5.74, 6) is 11.8. The van der Waals surface area contributed by atoms with Gasteiger partial charge < -0.3 is 0 Å². The predicted octanol–water partition coefficient (Wildman–Crippen LogP) is 3.79. The fourth-order valence-corrected chi connectivity index (χ4v) is 1.38. The summed E-state index contributed by atoms with van der Waals surface area (Å²) in [6.45, 7) is 4.31. The summed E-state index contributed by atoms with van der Waals surface area (Å²) >= 11 is 0. The average molecular weight is 210 g/mol. The first kappa shape index (κ1) is 12.4. The lowest BCUT2D eigenvalue weighted by Gasteiger charge is -1.97. The van der Waals surface area contributed by atoms with Gasteiger partial charge >= 0.3 is 0 Å². The lowest BCUT2D eigenvalue weighted by molar-refractivity contribution is 0.922. The summed E-state index contributed by atoms with van der Waals surface area (Å²) in [5, 5.41) is 0. The first-order valence-electron chi connectivity index (χ1n) is 5.94. The van der Waals surface area contributed by atoms with Gasteiger partial charge in [0, 0.05) is 12.0 Å². The highest BCUT2D eigenvalue weighted by Gasteiger charge is 1.90. The van der Waals surface area contributed by atoms with Crippen molar-refractivity contribution in [1.29, 1.82) is 0 Å². The maximum atomic E-state index is 3.05. The molecule has 0 bridgehead atoms. The second-order valence-electron chi connectivity index (χ2n) is 3.75. The average Bonchev–Trinajstić information content (AvgIpc) is 2.31. The molecule has 0 aromatic heterocycles. The lowest BCUT2D eigenvalue weighted by Crippen LogP contribution is -1.82. The number of rotatable bonds is 3. The highest BCUT2D eigenvalue weighted by atomic mass is 13.9. The van der Waals surface area contributed by atoms with Crippen molar-refractivity contribution in [2.45, 2.75) is 39.5 Å². The van der Waals surface area contributed by atoms with Crippen molar-refractivity contribution in [1.82, 2.24) is 0 Å². The van der Waals surface area contributed by atoms with Crippen LogP contribution in [-0.4, -0.2) is 0 Å². The maximum Gasteiger partial charge on any atom is 0.0255 e. The van der Waals surface area contributed by atoms with Gasteiger partial charge in [-0.15, -0.1) is 0 Å². The van der Waals surface area contributed by atoms with Gasteiger partial charge in [-0.25, -0.2) is 0 Å². The molecule has 82 valence electrons. The first-order valence-corrected chi connectivity index (χ1v) is 5.94. The second-order valence-corrected chi connectivity index (χ2v) is 3.75. The van der Waals surface area contributed by atoms with Crippen molar-refractivity contribution in [3.8, 4) is 23.7 Å². The van der Waals surface area contributed by atoms with E-state index in [1.807, 2.05) is 0 Å². The van der Waals surface area contributed by atoms with E-state index in [-0.39, 0.29) is 0 Å². The minimum absolute atomic E-state index is 0.935. The Morgan fingerprint density at radius 1 is 0.938 bits per heavy atom. The molecule has 0 unspecified atom stereocenters. The summed E-state index contributed by atoms with van der Waals surface area (Å²) < 4.78 is 0. The van der Waals surface area contributed by atoms with Crippen LogP contribution in [-0.2, 0) is 6.42 Å². The molecule has 0 spiro atoms. The number of benzene rings is 1. The standard InChI is InChI=1S/C16H18/c1-3-5-6-7-8-10-16-13-11-15(9-4-2)12-14-16/h11-14H,3-5,9H2,1-2H3. The molecule has 0 aliphatic heterocycles. The third kappa shape index (κ3) is 4.72. The topological polar surface area (TPSA) is 0 Å². The summed E-state index contributed by atoms with van der Waals surface area (Å²) in [5.41, 5.74) is 2.43. The van der Waals surface area contributed by atoms with Gasteiger partial charge in [-0.3, -0.25) is 0 Å². The van der Waals surface area contributed by atoms with E-state index >= 15 is 0 Å². The SMILES string of the molecule is CCCC#CC#Cc1ccc(CCC)cc1. The van der Waals surface area contributed by atoms with E-state index in [1.165, 1.54) is 12.0 Å². The molecule has 0 saturated carbocycles. The molecule has 1 aromatic carbocycles. The van der Waals surface area contributed by atoms with Crippen LogP contribution in [0.2, 0.25) is 0 Å². The Morgan fingerprint density at radius 2 is 1.69 bits per heavy atom. The van der Waals surface area contributed by atoms with Gasteiger partial charge in [0.05, 0.1) is 0 Å². The Bertz CT molecular complexity index is 415. The van der Waals surface area contributed by atoms with Gasteiger partial charge in [-0.05, 0) is 42.4 Å². The maximum absolute atomic E-state index is 3.05. The second kappa shape index (κ2) is 7.61. The molecule has 0 N–H and O–H groups in total. The largest absolute Gasteiger partial charge is 0.0891 e. The molecule has 1 aromatic rings. The molecule has 0 aliphatic carbocycles. The zero-order valence-corrected chi connectivity index (χ0v) is 10.1. The van der Waals surface area contributed by atoms with Gasteiger partial charge in [0.25, 0.3) is 0 Å². The summed E-state index contributed by atoms with van der Waals surface area (Å²) in [7, 11) is 0. The van der Waals surface area contributed by atoms with Gasteiger partial charge in [0.2, 0.25) is 0 Å². The highest BCUT2D eigenvalue weighted by Crippen LogP contribution is 2.05. The Morgan fingerprint density at radius 3 is 2.31 bits per heavy atom. The predicted molar refractivity (Wildman–Crippen MR) is 70.0 cm³/mol. The number of aryl methyl sites for hydroxylation is 1. The molecule has 0 nitrogen and oxygen atoms in total. The van der Waals surface area contributed by atoms with E-state index in [0.29, 0.717) is 0 Å². The Hall–Kier alpha value is -1.66. The van der Waals surface area contributed by atoms with Crippen LogP contribution in [0.1, 0.15) is 44.2 Å². The van der Waals surface area contributed by atoms with Crippen LogP contribution in [0.3, 0.4) is 0 Å². The van der Waals surface area contributed by atoms with E-state index < -0.39 is 0 Å². The van der Waals surface area contributed by atoms with E-state index in [4.69, 9.17) is 0 Å². The molecular weight excluding hydrogens is 192 g/mol. The molecule has 0 saturated heterocycles. The lowest BCUT2D eigenvalue weighted by atomic mass is 10.1. The fraction of sp³-hybridized carbons (Fsp3) is 0.375. The van der Waals surface area contributed by atoms with Crippen molar-refractivity contribution < 1.29 is 0 Å². The molecular formula is C16H18. The molecule has 0 heteroatoms. The van der Waals surface area contributed by atoms with Crippen LogP contribution in [0.15, 0.2) is 24.3 Å². The van der Waals surface area contributed by atoms with Crippen molar-refractivity contribution in [3.05, 3.63) is 35.4 Å². The third-order valence-corrected chi connectivity index (χ3v) is 2.23. The Labute approximate surface area is 99.1 Å². The number of unbranched alkanes of at least 4 members (excludes halogenated alkanes) is 1. The molecule has 0 aliphatic rings. The molecule has 1 rings (SSSR count). The Kier molecular flexibility index (Phi) is 5.90. The number of hydrogen-bond acceptors (Lipinski definition) is 0. The van der Waals surface area contributed by atoms with Crippen molar-refractivity contribution >= 4 is 0 Å². The van der Waals surface area contributed by atoms with Crippen LogP contribution >= 0.6 is 0 Å². The minimum atomic E-state index is 0.935. The molecule has 16 heavy (non-hydrogen) atoms. The first-order chi connectivity index (χ1) is 7.86. The molecule has 0 heterocycles.